The highest BCUT2D eigenvalue weighted by Gasteiger charge is 2.31. The molecule has 0 aromatic heterocycles. The molecule has 1 aromatic rings. The molecular formula is C16H24N2O2. The van der Waals surface area contributed by atoms with Crippen molar-refractivity contribution in [2.24, 2.45) is 5.92 Å². The summed E-state index contributed by atoms with van der Waals surface area (Å²) in [5.41, 5.74) is 3.16. The molecule has 4 nitrogen and oxygen atoms in total. The van der Waals surface area contributed by atoms with Gasteiger partial charge in [0.05, 0.1) is 13.2 Å². The summed E-state index contributed by atoms with van der Waals surface area (Å²) in [5, 5.41) is 12.4. The number of hydrogen-bond acceptors (Lipinski definition) is 3. The van der Waals surface area contributed by atoms with Gasteiger partial charge in [0, 0.05) is 11.7 Å². The lowest BCUT2D eigenvalue weighted by molar-refractivity contribution is -0.117. The van der Waals surface area contributed by atoms with E-state index in [-0.39, 0.29) is 18.6 Å². The molecule has 20 heavy (non-hydrogen) atoms. The number of aryl methyl sites for hydroxylation is 1. The summed E-state index contributed by atoms with van der Waals surface area (Å²) in [6.07, 6.45) is 1.04. The normalized spacial score (nSPS) is 23.0. The third-order valence-corrected chi connectivity index (χ3v) is 4.41. The molecule has 1 amide bonds. The van der Waals surface area contributed by atoms with Crippen LogP contribution in [0.4, 0.5) is 5.69 Å². The topological polar surface area (TPSA) is 52.6 Å². The van der Waals surface area contributed by atoms with Gasteiger partial charge in [0.25, 0.3) is 0 Å². The summed E-state index contributed by atoms with van der Waals surface area (Å²) >= 11 is 0. The van der Waals surface area contributed by atoms with Crippen LogP contribution in [0.5, 0.6) is 0 Å². The second kappa shape index (κ2) is 6.37. The Morgan fingerprint density at radius 2 is 2.20 bits per heavy atom. The number of aliphatic hydroxyl groups excluding tert-OH is 1. The van der Waals surface area contributed by atoms with Gasteiger partial charge in [-0.05, 0) is 49.9 Å². The van der Waals surface area contributed by atoms with Crippen LogP contribution in [0, 0.1) is 19.8 Å². The second-order valence-corrected chi connectivity index (χ2v) is 5.78. The molecule has 2 N–H and O–H groups in total. The van der Waals surface area contributed by atoms with Crippen LogP contribution in [0.3, 0.4) is 0 Å². The fourth-order valence-corrected chi connectivity index (χ4v) is 2.84. The molecule has 1 aliphatic heterocycles. The minimum absolute atomic E-state index is 0.00810. The van der Waals surface area contributed by atoms with Crippen molar-refractivity contribution in [3.8, 4) is 0 Å². The van der Waals surface area contributed by atoms with Crippen LogP contribution >= 0.6 is 0 Å². The summed E-state index contributed by atoms with van der Waals surface area (Å²) in [7, 11) is 0. The third-order valence-electron chi connectivity index (χ3n) is 4.41. The van der Waals surface area contributed by atoms with Crippen molar-refractivity contribution in [2.75, 3.05) is 25.0 Å². The largest absolute Gasteiger partial charge is 0.395 e. The molecule has 2 rings (SSSR count). The number of nitrogens with one attached hydrogen (secondary N) is 1. The maximum Gasteiger partial charge on any atom is 0.238 e. The van der Waals surface area contributed by atoms with E-state index in [1.165, 1.54) is 5.56 Å². The minimum atomic E-state index is -0.00810. The van der Waals surface area contributed by atoms with E-state index in [4.69, 9.17) is 0 Å². The van der Waals surface area contributed by atoms with Crippen molar-refractivity contribution >= 4 is 11.6 Å². The summed E-state index contributed by atoms with van der Waals surface area (Å²) in [4.78, 5) is 14.2. The van der Waals surface area contributed by atoms with Crippen LogP contribution in [0.2, 0.25) is 0 Å². The van der Waals surface area contributed by atoms with Crippen LogP contribution in [-0.2, 0) is 4.79 Å². The number of nitrogens with zero attached hydrogens (tertiary/aromatic N) is 1. The molecule has 1 heterocycles. The molecule has 4 heteroatoms. The number of carbonyl (C=O) groups excluding carboxylic acids is 1. The van der Waals surface area contributed by atoms with E-state index >= 15 is 0 Å². The monoisotopic (exact) mass is 276 g/mol. The zero-order valence-corrected chi connectivity index (χ0v) is 12.5. The molecule has 1 fully saturated rings. The highest BCUT2D eigenvalue weighted by Crippen LogP contribution is 2.23. The van der Waals surface area contributed by atoms with E-state index in [2.05, 4.69) is 17.1 Å². The molecule has 0 saturated carbocycles. The Labute approximate surface area is 120 Å². The van der Waals surface area contributed by atoms with Gasteiger partial charge in [-0.3, -0.25) is 9.69 Å². The highest BCUT2D eigenvalue weighted by atomic mass is 16.3. The van der Waals surface area contributed by atoms with Gasteiger partial charge in [0.1, 0.15) is 0 Å². The summed E-state index contributed by atoms with van der Waals surface area (Å²) < 4.78 is 0. The molecule has 2 atom stereocenters. The molecule has 1 aromatic carbocycles. The molecule has 1 aliphatic rings. The fraction of sp³-hybridized carbons (Fsp3) is 0.562. The molecule has 0 radical (unpaired) electrons. The number of hydrogen-bond donors (Lipinski definition) is 2. The first-order valence-corrected chi connectivity index (χ1v) is 7.24. The van der Waals surface area contributed by atoms with Crippen LogP contribution in [0.25, 0.3) is 0 Å². The molecular weight excluding hydrogens is 252 g/mol. The van der Waals surface area contributed by atoms with Gasteiger partial charge < -0.3 is 10.4 Å². The van der Waals surface area contributed by atoms with Crippen molar-refractivity contribution in [1.29, 1.82) is 0 Å². The summed E-state index contributed by atoms with van der Waals surface area (Å²) in [6.45, 7) is 7.53. The van der Waals surface area contributed by atoms with Crippen molar-refractivity contribution in [1.82, 2.24) is 4.90 Å². The number of benzene rings is 1. The lowest BCUT2D eigenvalue weighted by Crippen LogP contribution is -2.40. The van der Waals surface area contributed by atoms with Gasteiger partial charge in [0.2, 0.25) is 5.91 Å². The molecule has 0 spiro atoms. The Balaban J connectivity index is 1.97. The molecule has 0 bridgehead atoms. The van der Waals surface area contributed by atoms with Crippen LogP contribution < -0.4 is 5.32 Å². The predicted octanol–water partition coefficient (Wildman–Crippen LogP) is 1.94. The van der Waals surface area contributed by atoms with Crippen LogP contribution in [0.1, 0.15) is 24.5 Å². The average molecular weight is 276 g/mol. The van der Waals surface area contributed by atoms with E-state index in [9.17, 15) is 9.90 Å². The van der Waals surface area contributed by atoms with Gasteiger partial charge in [-0.15, -0.1) is 0 Å². The third kappa shape index (κ3) is 3.19. The van der Waals surface area contributed by atoms with Gasteiger partial charge >= 0.3 is 0 Å². The number of rotatable bonds is 4. The number of amides is 1. The molecule has 0 aliphatic carbocycles. The Bertz CT molecular complexity index is 487. The van der Waals surface area contributed by atoms with Gasteiger partial charge in [0.15, 0.2) is 0 Å². The second-order valence-electron chi connectivity index (χ2n) is 5.78. The minimum Gasteiger partial charge on any atom is -0.395 e. The van der Waals surface area contributed by atoms with E-state index in [1.54, 1.807) is 0 Å². The Kier molecular flexibility index (Phi) is 4.78. The molecule has 2 unspecified atom stereocenters. The number of carbonyl (C=O) groups is 1. The fourth-order valence-electron chi connectivity index (χ4n) is 2.84. The lowest BCUT2D eigenvalue weighted by Gasteiger charge is -2.24. The molecule has 1 saturated heterocycles. The zero-order chi connectivity index (χ0) is 14.7. The highest BCUT2D eigenvalue weighted by molar-refractivity contribution is 5.93. The van der Waals surface area contributed by atoms with Crippen molar-refractivity contribution in [3.63, 3.8) is 0 Å². The van der Waals surface area contributed by atoms with Crippen LogP contribution in [-0.4, -0.2) is 41.7 Å². The Morgan fingerprint density at radius 3 is 2.90 bits per heavy atom. The maximum absolute atomic E-state index is 12.2. The predicted molar refractivity (Wildman–Crippen MR) is 80.8 cm³/mol. The smallest absolute Gasteiger partial charge is 0.238 e. The zero-order valence-electron chi connectivity index (χ0n) is 12.5. The molecule has 110 valence electrons. The first-order valence-electron chi connectivity index (χ1n) is 7.24. The quantitative estimate of drug-likeness (QED) is 0.883. The standard InChI is InChI=1S/C16H24N2O2/c1-11-5-4-6-14(13(11)3)17-16(20)9-18-8-7-12(2)15(18)10-19/h4-6,12,15,19H,7-10H2,1-3H3,(H,17,20). The van der Waals surface area contributed by atoms with E-state index < -0.39 is 0 Å². The number of aliphatic hydroxyl groups is 1. The van der Waals surface area contributed by atoms with Gasteiger partial charge in [-0.2, -0.15) is 0 Å². The summed E-state index contributed by atoms with van der Waals surface area (Å²) in [6, 6.07) is 6.02. The van der Waals surface area contributed by atoms with E-state index in [0.717, 1.165) is 24.2 Å². The van der Waals surface area contributed by atoms with E-state index in [0.29, 0.717) is 12.5 Å². The van der Waals surface area contributed by atoms with Crippen molar-refractivity contribution in [2.45, 2.75) is 33.2 Å². The van der Waals surface area contributed by atoms with Gasteiger partial charge in [-0.1, -0.05) is 19.1 Å². The van der Waals surface area contributed by atoms with E-state index in [1.807, 2.05) is 32.0 Å². The van der Waals surface area contributed by atoms with Crippen molar-refractivity contribution < 1.29 is 9.90 Å². The number of likely N-dealkylation sites (tertiary alicyclic amines) is 1. The van der Waals surface area contributed by atoms with Gasteiger partial charge in [-0.25, -0.2) is 0 Å². The van der Waals surface area contributed by atoms with Crippen LogP contribution in [0.15, 0.2) is 18.2 Å². The lowest BCUT2D eigenvalue weighted by atomic mass is 10.0. The van der Waals surface area contributed by atoms with Crippen molar-refractivity contribution in [3.05, 3.63) is 29.3 Å². The maximum atomic E-state index is 12.2. The Morgan fingerprint density at radius 1 is 1.45 bits per heavy atom. The Hall–Kier alpha value is -1.39. The SMILES string of the molecule is Cc1cccc(NC(=O)CN2CCC(C)C2CO)c1C. The summed E-state index contributed by atoms with van der Waals surface area (Å²) in [5.74, 6) is 0.444. The average Bonchev–Trinajstić information content (AvgIpc) is 2.75. The first kappa shape index (κ1) is 15.0. The number of anilines is 1. The first-order chi connectivity index (χ1) is 9.52.